The molecule has 114 valence electrons. The van der Waals surface area contributed by atoms with Gasteiger partial charge in [0.1, 0.15) is 0 Å². The molecule has 0 spiro atoms. The van der Waals surface area contributed by atoms with E-state index < -0.39 is 0 Å². The van der Waals surface area contributed by atoms with Gasteiger partial charge < -0.3 is 10.6 Å². The Hall–Kier alpha value is -3.08. The van der Waals surface area contributed by atoms with Crippen LogP contribution < -0.4 is 10.6 Å². The molecule has 5 nitrogen and oxygen atoms in total. The van der Waals surface area contributed by atoms with Gasteiger partial charge in [-0.05, 0) is 28.8 Å². The first-order valence-corrected chi connectivity index (χ1v) is 7.40. The molecule has 23 heavy (non-hydrogen) atoms. The van der Waals surface area contributed by atoms with Crippen LogP contribution in [0.2, 0.25) is 0 Å². The zero-order valence-electron chi connectivity index (χ0n) is 12.7. The van der Waals surface area contributed by atoms with E-state index in [2.05, 4.69) is 52.6 Å². The van der Waals surface area contributed by atoms with Crippen LogP contribution in [0.25, 0.3) is 22.0 Å². The summed E-state index contributed by atoms with van der Waals surface area (Å²) in [6.45, 7) is 3.88. The van der Waals surface area contributed by atoms with Gasteiger partial charge in [-0.1, -0.05) is 36.9 Å². The molecular weight excluding hydrogens is 288 g/mol. The van der Waals surface area contributed by atoms with Gasteiger partial charge in [-0.25, -0.2) is 4.79 Å². The monoisotopic (exact) mass is 304 g/mol. The highest BCUT2D eigenvalue weighted by molar-refractivity contribution is 5.84. The lowest BCUT2D eigenvalue weighted by atomic mass is 9.99. The van der Waals surface area contributed by atoms with E-state index in [-0.39, 0.29) is 12.1 Å². The van der Waals surface area contributed by atoms with Crippen LogP contribution in [-0.2, 0) is 7.05 Å². The number of benzene rings is 2. The lowest BCUT2D eigenvalue weighted by Gasteiger charge is -2.11. The summed E-state index contributed by atoms with van der Waals surface area (Å²) in [5, 5.41) is 10.9. The van der Waals surface area contributed by atoms with Crippen LogP contribution >= 0.6 is 0 Å². The number of hydrogen-bond acceptors (Lipinski definition) is 2. The van der Waals surface area contributed by atoms with Crippen molar-refractivity contribution in [2.45, 2.75) is 6.04 Å². The van der Waals surface area contributed by atoms with E-state index in [0.717, 1.165) is 27.6 Å². The number of nitrogens with zero attached hydrogens (tertiary/aromatic N) is 2. The number of nitrogens with one attached hydrogen (secondary N) is 2. The molecule has 3 aromatic rings. The van der Waals surface area contributed by atoms with Gasteiger partial charge in [-0.2, -0.15) is 5.10 Å². The average Bonchev–Trinajstić information content (AvgIpc) is 3.09. The molecule has 1 aromatic heterocycles. The molecule has 1 fully saturated rings. The van der Waals surface area contributed by atoms with E-state index in [1.807, 2.05) is 30.1 Å². The van der Waals surface area contributed by atoms with E-state index in [1.165, 1.54) is 0 Å². The Morgan fingerprint density at radius 2 is 1.87 bits per heavy atom. The summed E-state index contributed by atoms with van der Waals surface area (Å²) in [6.07, 6.45) is 1.87. The number of fused-ring (bicyclic) bond motifs is 1. The second-order valence-electron chi connectivity index (χ2n) is 5.72. The van der Waals surface area contributed by atoms with Crippen LogP contribution in [0.5, 0.6) is 0 Å². The number of amides is 2. The number of carbonyl (C=O) groups is 1. The zero-order chi connectivity index (χ0) is 16.0. The molecule has 1 atom stereocenters. The lowest BCUT2D eigenvalue weighted by molar-refractivity contribution is 0.247. The third kappa shape index (κ3) is 2.26. The highest BCUT2D eigenvalue weighted by Gasteiger charge is 2.25. The fourth-order valence-electron chi connectivity index (χ4n) is 2.97. The predicted molar refractivity (Wildman–Crippen MR) is 89.7 cm³/mol. The van der Waals surface area contributed by atoms with Crippen molar-refractivity contribution in [3.8, 4) is 11.1 Å². The number of rotatable bonds is 2. The fourth-order valence-corrected chi connectivity index (χ4v) is 2.97. The maximum Gasteiger partial charge on any atom is 0.319 e. The van der Waals surface area contributed by atoms with Crippen molar-refractivity contribution in [1.29, 1.82) is 0 Å². The van der Waals surface area contributed by atoms with Gasteiger partial charge >= 0.3 is 6.03 Å². The summed E-state index contributed by atoms with van der Waals surface area (Å²) < 4.78 is 1.86. The molecule has 2 amide bonds. The van der Waals surface area contributed by atoms with Crippen molar-refractivity contribution in [3.63, 3.8) is 0 Å². The standard InChI is InChI=1S/C18H16N4O/c1-11-17(21-18(23)20-11)13-5-3-12(4-6-13)14-7-8-16-15(9-14)10-19-22(16)2/h3-10,17H,1H2,2H3,(H2,20,21,23). The largest absolute Gasteiger partial charge is 0.325 e. The fraction of sp³-hybridized carbons (Fsp3) is 0.111. The molecule has 0 aliphatic carbocycles. The van der Waals surface area contributed by atoms with Crippen molar-refractivity contribution < 1.29 is 4.79 Å². The van der Waals surface area contributed by atoms with Gasteiger partial charge in [0.05, 0.1) is 17.8 Å². The normalized spacial score (nSPS) is 17.3. The summed E-state index contributed by atoms with van der Waals surface area (Å²) in [7, 11) is 1.94. The Bertz CT molecular complexity index is 924. The van der Waals surface area contributed by atoms with Crippen LogP contribution in [0.3, 0.4) is 0 Å². The molecule has 2 heterocycles. The van der Waals surface area contributed by atoms with E-state index in [4.69, 9.17) is 0 Å². The summed E-state index contributed by atoms with van der Waals surface area (Å²) in [5.41, 5.74) is 5.08. The predicted octanol–water partition coefficient (Wildman–Crippen LogP) is 3.11. The molecule has 1 aliphatic heterocycles. The zero-order valence-corrected chi connectivity index (χ0v) is 12.7. The molecule has 2 N–H and O–H groups in total. The Balaban J connectivity index is 1.66. The first-order chi connectivity index (χ1) is 11.1. The number of aryl methyl sites for hydroxylation is 1. The maximum absolute atomic E-state index is 11.4. The minimum atomic E-state index is -0.203. The van der Waals surface area contributed by atoms with E-state index in [1.54, 1.807) is 0 Å². The second kappa shape index (κ2) is 4.98. The Morgan fingerprint density at radius 3 is 2.57 bits per heavy atom. The summed E-state index contributed by atoms with van der Waals surface area (Å²) >= 11 is 0. The summed E-state index contributed by atoms with van der Waals surface area (Å²) in [4.78, 5) is 11.4. The van der Waals surface area contributed by atoms with E-state index >= 15 is 0 Å². The first kappa shape index (κ1) is 13.6. The first-order valence-electron chi connectivity index (χ1n) is 7.40. The van der Waals surface area contributed by atoms with Gasteiger partial charge in [0.25, 0.3) is 0 Å². The van der Waals surface area contributed by atoms with Crippen molar-refractivity contribution in [2.24, 2.45) is 7.05 Å². The van der Waals surface area contributed by atoms with E-state index in [9.17, 15) is 4.79 Å². The molecule has 2 aromatic carbocycles. The van der Waals surface area contributed by atoms with Crippen LogP contribution in [0, 0.1) is 0 Å². The Kier molecular flexibility index (Phi) is 2.94. The lowest BCUT2D eigenvalue weighted by Crippen LogP contribution is -2.21. The van der Waals surface area contributed by atoms with Crippen molar-refractivity contribution >= 4 is 16.9 Å². The van der Waals surface area contributed by atoms with Crippen LogP contribution in [0.4, 0.5) is 4.79 Å². The Morgan fingerprint density at radius 1 is 1.13 bits per heavy atom. The average molecular weight is 304 g/mol. The number of aromatic nitrogens is 2. The van der Waals surface area contributed by atoms with Gasteiger partial charge in [0.2, 0.25) is 0 Å². The summed E-state index contributed by atoms with van der Waals surface area (Å²) in [5.74, 6) is 0. The van der Waals surface area contributed by atoms with Crippen molar-refractivity contribution in [2.75, 3.05) is 0 Å². The Labute approximate surface area is 133 Å². The molecule has 1 aliphatic rings. The van der Waals surface area contributed by atoms with Crippen LogP contribution in [-0.4, -0.2) is 15.8 Å². The highest BCUT2D eigenvalue weighted by Crippen LogP contribution is 2.28. The number of hydrogen-bond donors (Lipinski definition) is 2. The molecule has 0 bridgehead atoms. The third-order valence-corrected chi connectivity index (χ3v) is 4.22. The molecule has 4 rings (SSSR count). The smallest absolute Gasteiger partial charge is 0.319 e. The number of carbonyl (C=O) groups excluding carboxylic acids is 1. The maximum atomic E-state index is 11.4. The molecular formula is C18H16N4O. The minimum Gasteiger partial charge on any atom is -0.325 e. The highest BCUT2D eigenvalue weighted by atomic mass is 16.2. The van der Waals surface area contributed by atoms with Crippen LogP contribution in [0.1, 0.15) is 11.6 Å². The van der Waals surface area contributed by atoms with E-state index in [0.29, 0.717) is 5.70 Å². The van der Waals surface area contributed by atoms with Gasteiger partial charge in [0, 0.05) is 18.1 Å². The van der Waals surface area contributed by atoms with Crippen LogP contribution in [0.15, 0.2) is 60.9 Å². The quantitative estimate of drug-likeness (QED) is 0.764. The van der Waals surface area contributed by atoms with Gasteiger partial charge in [-0.3, -0.25) is 4.68 Å². The SMILES string of the molecule is C=C1NC(=O)NC1c1ccc(-c2ccc3c(cnn3C)c2)cc1. The van der Waals surface area contributed by atoms with Crippen molar-refractivity contribution in [1.82, 2.24) is 20.4 Å². The minimum absolute atomic E-state index is 0.169. The molecule has 0 radical (unpaired) electrons. The molecule has 0 saturated carbocycles. The number of urea groups is 1. The molecule has 5 heteroatoms. The molecule has 1 unspecified atom stereocenters. The third-order valence-electron chi connectivity index (χ3n) is 4.22. The topological polar surface area (TPSA) is 59.0 Å². The molecule has 1 saturated heterocycles. The summed E-state index contributed by atoms with van der Waals surface area (Å²) in [6, 6.07) is 14.1. The second-order valence-corrected chi connectivity index (χ2v) is 5.72. The van der Waals surface area contributed by atoms with Crippen molar-refractivity contribution in [3.05, 3.63) is 66.5 Å². The van der Waals surface area contributed by atoms with Gasteiger partial charge in [-0.15, -0.1) is 0 Å². The van der Waals surface area contributed by atoms with Gasteiger partial charge in [0.15, 0.2) is 0 Å².